The quantitative estimate of drug-likeness (QED) is 0.393. The van der Waals surface area contributed by atoms with E-state index < -0.39 is 0 Å². The van der Waals surface area contributed by atoms with Crippen LogP contribution in [0.4, 0.5) is 0 Å². The van der Waals surface area contributed by atoms with Crippen LogP contribution in [0.15, 0.2) is 12.2 Å². The molecule has 4 nitrogen and oxygen atoms in total. The second-order valence-corrected chi connectivity index (χ2v) is 3.65. The molecule has 0 N–H and O–H groups in total. The molecule has 0 fully saturated rings. The normalized spacial score (nSPS) is 12.4. The van der Waals surface area contributed by atoms with Gasteiger partial charge in [-0.05, 0) is 19.4 Å². The topological polar surface area (TPSA) is 52.6 Å². The van der Waals surface area contributed by atoms with Crippen LogP contribution in [0.25, 0.3) is 0 Å². The largest absolute Gasteiger partial charge is 0.466 e. The van der Waals surface area contributed by atoms with Crippen molar-refractivity contribution in [3.63, 3.8) is 0 Å². The first-order valence-corrected chi connectivity index (χ1v) is 5.59. The lowest BCUT2D eigenvalue weighted by Gasteiger charge is -2.04. The Balaban J connectivity index is 3.61. The van der Waals surface area contributed by atoms with Gasteiger partial charge >= 0.3 is 11.9 Å². The molecule has 0 aromatic rings. The molecular formula is C11H17ClO4. The molecule has 0 saturated heterocycles. The number of allylic oxidation sites excluding steroid dienone is 1. The zero-order chi connectivity index (χ0) is 12.4. The van der Waals surface area contributed by atoms with E-state index in [1.165, 1.54) is 6.92 Å². The second kappa shape index (κ2) is 9.21. The van der Waals surface area contributed by atoms with E-state index in [1.807, 2.05) is 0 Å². The molecule has 0 aromatic carbocycles. The smallest absolute Gasteiger partial charge is 0.305 e. The predicted octanol–water partition coefficient (Wildman–Crippen LogP) is 2.06. The molecule has 0 radical (unpaired) electrons. The average Bonchev–Trinajstić information content (AvgIpc) is 2.22. The van der Waals surface area contributed by atoms with Gasteiger partial charge in [0.1, 0.15) is 6.61 Å². The second-order valence-electron chi connectivity index (χ2n) is 3.09. The Morgan fingerprint density at radius 2 is 2.06 bits per heavy atom. The van der Waals surface area contributed by atoms with Gasteiger partial charge in [-0.15, -0.1) is 11.6 Å². The molecule has 5 heteroatoms. The van der Waals surface area contributed by atoms with Crippen molar-refractivity contribution in [1.29, 1.82) is 0 Å². The Morgan fingerprint density at radius 3 is 2.62 bits per heavy atom. The molecular weight excluding hydrogens is 232 g/mol. The molecule has 0 aliphatic rings. The van der Waals surface area contributed by atoms with E-state index in [1.54, 1.807) is 19.1 Å². The van der Waals surface area contributed by atoms with Gasteiger partial charge in [-0.1, -0.05) is 6.08 Å². The minimum absolute atomic E-state index is 0.206. The fourth-order valence-electron chi connectivity index (χ4n) is 0.954. The number of hydrogen-bond donors (Lipinski definition) is 0. The van der Waals surface area contributed by atoms with Crippen molar-refractivity contribution in [1.82, 2.24) is 0 Å². The van der Waals surface area contributed by atoms with E-state index >= 15 is 0 Å². The highest BCUT2D eigenvalue weighted by molar-refractivity contribution is 6.21. The van der Waals surface area contributed by atoms with Gasteiger partial charge in [0.05, 0.1) is 12.0 Å². The highest BCUT2D eigenvalue weighted by Crippen LogP contribution is 2.07. The van der Waals surface area contributed by atoms with Crippen molar-refractivity contribution in [2.24, 2.45) is 0 Å². The first-order chi connectivity index (χ1) is 7.56. The molecule has 1 atom stereocenters. The highest BCUT2D eigenvalue weighted by Gasteiger charge is 2.05. The molecule has 0 rings (SSSR count). The van der Waals surface area contributed by atoms with Crippen LogP contribution < -0.4 is 0 Å². The Labute approximate surface area is 101 Å². The number of hydrogen-bond acceptors (Lipinski definition) is 4. The predicted molar refractivity (Wildman–Crippen MR) is 61.3 cm³/mol. The SMILES string of the molecule is CCOC(=O)CCC(Cl)/C=C/COC(C)=O. The van der Waals surface area contributed by atoms with Gasteiger partial charge in [-0.3, -0.25) is 9.59 Å². The van der Waals surface area contributed by atoms with Crippen molar-refractivity contribution in [2.45, 2.75) is 32.1 Å². The Hall–Kier alpha value is -1.03. The number of carbonyl (C=O) groups excluding carboxylic acids is 2. The molecule has 0 amide bonds. The van der Waals surface area contributed by atoms with E-state index in [4.69, 9.17) is 16.3 Å². The summed E-state index contributed by atoms with van der Waals surface area (Å²) >= 11 is 5.91. The zero-order valence-corrected chi connectivity index (χ0v) is 10.3. The van der Waals surface area contributed by atoms with Crippen molar-refractivity contribution in [3.05, 3.63) is 12.2 Å². The van der Waals surface area contributed by atoms with Crippen LogP contribution in [0.5, 0.6) is 0 Å². The molecule has 92 valence electrons. The molecule has 0 aliphatic heterocycles. The van der Waals surface area contributed by atoms with E-state index in [9.17, 15) is 9.59 Å². The number of rotatable bonds is 7. The van der Waals surface area contributed by atoms with Gasteiger partial charge in [-0.2, -0.15) is 0 Å². The van der Waals surface area contributed by atoms with Crippen LogP contribution in [-0.2, 0) is 19.1 Å². The standard InChI is InChI=1S/C11H17ClO4/c1-3-15-11(14)7-6-10(12)5-4-8-16-9(2)13/h4-5,10H,3,6-8H2,1-2H3/b5-4+. The molecule has 1 unspecified atom stereocenters. The minimum Gasteiger partial charge on any atom is -0.466 e. The van der Waals surface area contributed by atoms with Crippen LogP contribution in [0.2, 0.25) is 0 Å². The van der Waals surface area contributed by atoms with Crippen LogP contribution in [0.1, 0.15) is 26.7 Å². The fourth-order valence-corrected chi connectivity index (χ4v) is 1.17. The maximum atomic E-state index is 11.0. The summed E-state index contributed by atoms with van der Waals surface area (Å²) in [5.74, 6) is -0.580. The third kappa shape index (κ3) is 9.52. The van der Waals surface area contributed by atoms with Gasteiger partial charge < -0.3 is 9.47 Å². The zero-order valence-electron chi connectivity index (χ0n) is 9.57. The number of esters is 2. The monoisotopic (exact) mass is 248 g/mol. The summed E-state index contributed by atoms with van der Waals surface area (Å²) in [6.07, 6.45) is 4.16. The Morgan fingerprint density at radius 1 is 1.38 bits per heavy atom. The van der Waals surface area contributed by atoms with Crippen molar-refractivity contribution >= 4 is 23.5 Å². The maximum Gasteiger partial charge on any atom is 0.305 e. The Kier molecular flexibility index (Phi) is 8.62. The number of halogens is 1. The molecule has 0 saturated carbocycles. The first kappa shape index (κ1) is 15.0. The lowest BCUT2D eigenvalue weighted by Crippen LogP contribution is -2.06. The van der Waals surface area contributed by atoms with Crippen LogP contribution >= 0.6 is 11.6 Å². The maximum absolute atomic E-state index is 11.0. The molecule has 16 heavy (non-hydrogen) atoms. The lowest BCUT2D eigenvalue weighted by molar-refractivity contribution is -0.143. The van der Waals surface area contributed by atoms with Crippen molar-refractivity contribution in [2.75, 3.05) is 13.2 Å². The first-order valence-electron chi connectivity index (χ1n) is 5.16. The summed E-state index contributed by atoms with van der Waals surface area (Å²) in [6.45, 7) is 3.69. The third-order valence-corrected chi connectivity index (χ3v) is 2.02. The summed E-state index contributed by atoms with van der Waals surface area (Å²) < 4.78 is 9.44. The number of ether oxygens (including phenoxy) is 2. The molecule has 0 spiro atoms. The van der Waals surface area contributed by atoms with E-state index in [-0.39, 0.29) is 23.9 Å². The van der Waals surface area contributed by atoms with Crippen LogP contribution in [-0.4, -0.2) is 30.5 Å². The summed E-state index contributed by atoms with van der Waals surface area (Å²) in [4.78, 5) is 21.4. The van der Waals surface area contributed by atoms with Gasteiger partial charge in [0.25, 0.3) is 0 Å². The van der Waals surface area contributed by atoms with Gasteiger partial charge in [0.2, 0.25) is 0 Å². The van der Waals surface area contributed by atoms with E-state index in [0.29, 0.717) is 19.4 Å². The van der Waals surface area contributed by atoms with Crippen LogP contribution in [0.3, 0.4) is 0 Å². The average molecular weight is 249 g/mol. The summed E-state index contributed by atoms with van der Waals surface area (Å²) in [7, 11) is 0. The number of carbonyl (C=O) groups is 2. The lowest BCUT2D eigenvalue weighted by atomic mass is 10.2. The van der Waals surface area contributed by atoms with Crippen molar-refractivity contribution in [3.8, 4) is 0 Å². The summed E-state index contributed by atoms with van der Waals surface area (Å²) in [5, 5.41) is -0.250. The Bertz CT molecular complexity index is 250. The third-order valence-electron chi connectivity index (χ3n) is 1.66. The van der Waals surface area contributed by atoms with E-state index in [2.05, 4.69) is 4.74 Å². The van der Waals surface area contributed by atoms with Gasteiger partial charge in [-0.25, -0.2) is 0 Å². The summed E-state index contributed by atoms with van der Waals surface area (Å²) in [6, 6.07) is 0. The number of alkyl halides is 1. The van der Waals surface area contributed by atoms with Crippen molar-refractivity contribution < 1.29 is 19.1 Å². The highest BCUT2D eigenvalue weighted by atomic mass is 35.5. The fraction of sp³-hybridized carbons (Fsp3) is 0.636. The molecule has 0 aromatic heterocycles. The van der Waals surface area contributed by atoms with Gasteiger partial charge in [0.15, 0.2) is 0 Å². The van der Waals surface area contributed by atoms with Crippen LogP contribution in [0, 0.1) is 0 Å². The molecule has 0 bridgehead atoms. The summed E-state index contributed by atoms with van der Waals surface area (Å²) in [5.41, 5.74) is 0. The molecule has 0 aliphatic carbocycles. The molecule has 0 heterocycles. The van der Waals surface area contributed by atoms with Gasteiger partial charge in [0, 0.05) is 13.3 Å². The van der Waals surface area contributed by atoms with E-state index in [0.717, 1.165) is 0 Å². The minimum atomic E-state index is -0.331.